The first-order valence-corrected chi connectivity index (χ1v) is 10.9. The standard InChI is InChI=1S/C17H30N4O2S2.HI/c1-7-18-16(20-13-17(2,3)24-6)19-12-14-10-8-9-11-15(14)25(22,23)21(4)5;/h8-11H,7,12-13H2,1-6H3,(H2,18,19,20);1H. The van der Waals surface area contributed by atoms with Crippen molar-refractivity contribution in [2.45, 2.75) is 37.0 Å². The van der Waals surface area contributed by atoms with Crippen LogP contribution in [0.3, 0.4) is 0 Å². The molecule has 6 nitrogen and oxygen atoms in total. The highest BCUT2D eigenvalue weighted by Crippen LogP contribution is 2.20. The number of thioether (sulfide) groups is 1. The number of hydrogen-bond acceptors (Lipinski definition) is 4. The van der Waals surface area contributed by atoms with E-state index in [4.69, 9.17) is 0 Å². The molecule has 0 radical (unpaired) electrons. The van der Waals surface area contributed by atoms with Crippen molar-refractivity contribution in [2.75, 3.05) is 33.4 Å². The number of rotatable bonds is 8. The first-order chi connectivity index (χ1) is 11.6. The SMILES string of the molecule is CCNC(=NCc1ccccc1S(=O)(=O)N(C)C)NCC(C)(C)SC.I. The van der Waals surface area contributed by atoms with Crippen LogP contribution in [0.1, 0.15) is 26.3 Å². The molecule has 0 aliphatic rings. The molecule has 0 saturated heterocycles. The van der Waals surface area contributed by atoms with Gasteiger partial charge >= 0.3 is 0 Å². The minimum absolute atomic E-state index is 0. The highest BCUT2D eigenvalue weighted by molar-refractivity contribution is 14.0. The molecule has 9 heteroatoms. The average Bonchev–Trinajstić information content (AvgIpc) is 2.57. The lowest BCUT2D eigenvalue weighted by molar-refractivity contribution is 0.519. The number of nitrogens with zero attached hydrogens (tertiary/aromatic N) is 2. The molecule has 150 valence electrons. The smallest absolute Gasteiger partial charge is 0.242 e. The summed E-state index contributed by atoms with van der Waals surface area (Å²) in [5.74, 6) is 0.682. The third-order valence-electron chi connectivity index (χ3n) is 3.72. The van der Waals surface area contributed by atoms with E-state index in [0.717, 1.165) is 13.1 Å². The Kier molecular flexibility index (Phi) is 11.1. The normalized spacial score (nSPS) is 12.7. The molecule has 0 atom stereocenters. The lowest BCUT2D eigenvalue weighted by atomic mass is 10.2. The van der Waals surface area contributed by atoms with Crippen LogP contribution in [0.5, 0.6) is 0 Å². The average molecular weight is 514 g/mol. The molecule has 0 spiro atoms. The Morgan fingerprint density at radius 2 is 1.85 bits per heavy atom. The summed E-state index contributed by atoms with van der Waals surface area (Å²) in [6, 6.07) is 6.98. The van der Waals surface area contributed by atoms with Crippen LogP contribution >= 0.6 is 35.7 Å². The van der Waals surface area contributed by atoms with Crippen LogP contribution in [-0.4, -0.2) is 56.9 Å². The fourth-order valence-corrected chi connectivity index (χ4v) is 3.28. The lowest BCUT2D eigenvalue weighted by Gasteiger charge is -2.23. The molecule has 0 heterocycles. The van der Waals surface area contributed by atoms with Crippen molar-refractivity contribution >= 4 is 51.7 Å². The molecule has 0 aromatic heterocycles. The van der Waals surface area contributed by atoms with Crippen LogP contribution in [0.15, 0.2) is 34.2 Å². The zero-order valence-electron chi connectivity index (χ0n) is 16.4. The molecule has 0 unspecified atom stereocenters. The molecule has 0 amide bonds. The van der Waals surface area contributed by atoms with Gasteiger partial charge in [0.1, 0.15) is 0 Å². The largest absolute Gasteiger partial charge is 0.357 e. The monoisotopic (exact) mass is 514 g/mol. The van der Waals surface area contributed by atoms with Crippen molar-refractivity contribution in [1.29, 1.82) is 0 Å². The zero-order chi connectivity index (χ0) is 19.1. The van der Waals surface area contributed by atoms with Gasteiger partial charge in [-0.25, -0.2) is 17.7 Å². The Hall–Kier alpha value is -0.520. The van der Waals surface area contributed by atoms with Gasteiger partial charge in [0, 0.05) is 31.9 Å². The Bertz CT molecular complexity index is 692. The van der Waals surface area contributed by atoms with Crippen LogP contribution in [0.25, 0.3) is 0 Å². The van der Waals surface area contributed by atoms with E-state index in [1.807, 2.05) is 13.0 Å². The molecule has 1 aromatic rings. The van der Waals surface area contributed by atoms with Gasteiger partial charge in [-0.05, 0) is 38.7 Å². The third-order valence-corrected chi connectivity index (χ3v) is 6.88. The van der Waals surface area contributed by atoms with E-state index in [0.29, 0.717) is 16.4 Å². The van der Waals surface area contributed by atoms with Crippen LogP contribution in [0.2, 0.25) is 0 Å². The summed E-state index contributed by atoms with van der Waals surface area (Å²) in [5, 5.41) is 6.52. The van der Waals surface area contributed by atoms with Crippen LogP contribution in [0.4, 0.5) is 0 Å². The van der Waals surface area contributed by atoms with Gasteiger partial charge in [0.25, 0.3) is 0 Å². The number of halogens is 1. The second-order valence-electron chi connectivity index (χ2n) is 6.41. The van der Waals surface area contributed by atoms with Crippen molar-refractivity contribution in [1.82, 2.24) is 14.9 Å². The fourth-order valence-electron chi connectivity index (χ4n) is 1.96. The second-order valence-corrected chi connectivity index (χ2v) is 10.0. The summed E-state index contributed by atoms with van der Waals surface area (Å²) in [5.41, 5.74) is 0.678. The molecule has 0 aliphatic heterocycles. The highest BCUT2D eigenvalue weighted by atomic mass is 127. The molecule has 2 N–H and O–H groups in total. The summed E-state index contributed by atoms with van der Waals surface area (Å²) in [6.07, 6.45) is 2.08. The fraction of sp³-hybridized carbons (Fsp3) is 0.588. The number of sulfonamides is 1. The quantitative estimate of drug-likeness (QED) is 0.317. The zero-order valence-corrected chi connectivity index (χ0v) is 20.3. The van der Waals surface area contributed by atoms with Crippen molar-refractivity contribution in [3.63, 3.8) is 0 Å². The molecule has 0 saturated carbocycles. The minimum atomic E-state index is -3.49. The molecule has 1 rings (SSSR count). The predicted octanol–water partition coefficient (Wildman–Crippen LogP) is 2.75. The summed E-state index contributed by atoms with van der Waals surface area (Å²) in [4.78, 5) is 4.85. The van der Waals surface area contributed by atoms with Crippen molar-refractivity contribution in [2.24, 2.45) is 4.99 Å². The van der Waals surface area contributed by atoms with E-state index in [-0.39, 0.29) is 35.3 Å². The summed E-state index contributed by atoms with van der Waals surface area (Å²) in [7, 11) is -0.421. The second kappa shape index (κ2) is 11.4. The van der Waals surface area contributed by atoms with Gasteiger partial charge in [-0.2, -0.15) is 11.8 Å². The van der Waals surface area contributed by atoms with Gasteiger partial charge in [0.05, 0.1) is 11.4 Å². The van der Waals surface area contributed by atoms with Crippen LogP contribution < -0.4 is 10.6 Å². The number of benzene rings is 1. The van der Waals surface area contributed by atoms with Crippen molar-refractivity contribution in [3.05, 3.63) is 29.8 Å². The molecular formula is C17H31IN4O2S2. The topological polar surface area (TPSA) is 73.8 Å². The van der Waals surface area contributed by atoms with E-state index in [1.54, 1.807) is 30.0 Å². The van der Waals surface area contributed by atoms with Crippen molar-refractivity contribution < 1.29 is 8.42 Å². The van der Waals surface area contributed by atoms with Crippen LogP contribution in [-0.2, 0) is 16.6 Å². The van der Waals surface area contributed by atoms with E-state index in [1.165, 1.54) is 18.4 Å². The molecular weight excluding hydrogens is 483 g/mol. The van der Waals surface area contributed by atoms with E-state index in [2.05, 4.69) is 35.7 Å². The Morgan fingerprint density at radius 1 is 1.23 bits per heavy atom. The van der Waals surface area contributed by atoms with Gasteiger partial charge in [0.2, 0.25) is 10.0 Å². The summed E-state index contributed by atoms with van der Waals surface area (Å²) < 4.78 is 26.2. The number of hydrogen-bond donors (Lipinski definition) is 2. The van der Waals surface area contributed by atoms with Crippen LogP contribution in [0, 0.1) is 0 Å². The first kappa shape index (κ1) is 25.5. The van der Waals surface area contributed by atoms with Gasteiger partial charge in [-0.3, -0.25) is 0 Å². The first-order valence-electron chi connectivity index (χ1n) is 8.22. The maximum Gasteiger partial charge on any atom is 0.242 e. The minimum Gasteiger partial charge on any atom is -0.357 e. The molecule has 0 aliphatic carbocycles. The predicted molar refractivity (Wildman–Crippen MR) is 123 cm³/mol. The van der Waals surface area contributed by atoms with E-state index < -0.39 is 10.0 Å². The molecule has 0 bridgehead atoms. The highest BCUT2D eigenvalue weighted by Gasteiger charge is 2.20. The van der Waals surface area contributed by atoms with Gasteiger partial charge < -0.3 is 10.6 Å². The molecule has 1 aromatic carbocycles. The van der Waals surface area contributed by atoms with Gasteiger partial charge in [-0.1, -0.05) is 18.2 Å². The van der Waals surface area contributed by atoms with Gasteiger partial charge in [-0.15, -0.1) is 24.0 Å². The van der Waals surface area contributed by atoms with E-state index in [9.17, 15) is 8.42 Å². The van der Waals surface area contributed by atoms with Gasteiger partial charge in [0.15, 0.2) is 5.96 Å². The Balaban J connectivity index is 0.00000625. The molecule has 0 fully saturated rings. The number of nitrogens with one attached hydrogen (secondary N) is 2. The summed E-state index contributed by atoms with van der Waals surface area (Å²) >= 11 is 1.78. The molecule has 26 heavy (non-hydrogen) atoms. The number of guanidine groups is 1. The number of aliphatic imine (C=N–C) groups is 1. The van der Waals surface area contributed by atoms with Crippen molar-refractivity contribution in [3.8, 4) is 0 Å². The lowest BCUT2D eigenvalue weighted by Crippen LogP contribution is -2.43. The van der Waals surface area contributed by atoms with E-state index >= 15 is 0 Å². The third kappa shape index (κ3) is 7.61. The maximum atomic E-state index is 12.5. The Morgan fingerprint density at radius 3 is 2.38 bits per heavy atom. The summed E-state index contributed by atoms with van der Waals surface area (Å²) in [6.45, 7) is 8.11. The maximum absolute atomic E-state index is 12.5. The Labute approximate surface area is 179 Å².